The fourth-order valence-electron chi connectivity index (χ4n) is 3.78. The predicted molar refractivity (Wildman–Crippen MR) is 133 cm³/mol. The van der Waals surface area contributed by atoms with E-state index in [1.54, 1.807) is 29.8 Å². The molecule has 3 N–H and O–H groups in total. The minimum absolute atomic E-state index is 0.000538. The van der Waals surface area contributed by atoms with Crippen molar-refractivity contribution in [1.82, 2.24) is 14.9 Å². The molecule has 0 fully saturated rings. The van der Waals surface area contributed by atoms with Crippen molar-refractivity contribution in [1.29, 1.82) is 0 Å². The summed E-state index contributed by atoms with van der Waals surface area (Å²) in [6, 6.07) is 12.9. The molecule has 0 bridgehead atoms. The summed E-state index contributed by atoms with van der Waals surface area (Å²) in [7, 11) is 1.80. The minimum atomic E-state index is -0.944. The topological polar surface area (TPSA) is 96.6 Å². The standard InChI is InChI=1S/C26H32ClN3O4/c1-16(2)34-24-10-9-20(14-22(24)27)26(33)28-21(11-12-31)13-18-5-7-19(8-6-18)23-15-30(4)25(29-23)17(3)32/h5-10,14-16,21,26,28,31,33H,11-13H2,1-4H3/t21-,26?/m1/s1. The number of rotatable bonds is 11. The molecule has 8 heteroatoms. The van der Waals surface area contributed by atoms with Crippen molar-refractivity contribution in [3.63, 3.8) is 0 Å². The summed E-state index contributed by atoms with van der Waals surface area (Å²) in [4.78, 5) is 16.1. The van der Waals surface area contributed by atoms with E-state index in [0.717, 1.165) is 16.8 Å². The van der Waals surface area contributed by atoms with Gasteiger partial charge in [0.15, 0.2) is 11.6 Å². The summed E-state index contributed by atoms with van der Waals surface area (Å²) in [5.41, 5.74) is 3.32. The highest BCUT2D eigenvalue weighted by Crippen LogP contribution is 2.28. The monoisotopic (exact) mass is 485 g/mol. The molecule has 0 aliphatic rings. The summed E-state index contributed by atoms with van der Waals surface area (Å²) >= 11 is 6.31. The van der Waals surface area contributed by atoms with Crippen LogP contribution in [0.15, 0.2) is 48.7 Å². The molecule has 3 rings (SSSR count). The van der Waals surface area contributed by atoms with Crippen LogP contribution >= 0.6 is 11.6 Å². The smallest absolute Gasteiger partial charge is 0.195 e. The van der Waals surface area contributed by atoms with E-state index in [4.69, 9.17) is 16.3 Å². The van der Waals surface area contributed by atoms with Crippen LogP contribution in [0, 0.1) is 0 Å². The number of ketones is 1. The Morgan fingerprint density at radius 2 is 1.91 bits per heavy atom. The molecule has 0 spiro atoms. The third-order valence-corrected chi connectivity index (χ3v) is 5.72. The lowest BCUT2D eigenvalue weighted by molar-refractivity contribution is 0.100. The van der Waals surface area contributed by atoms with Crippen LogP contribution in [-0.2, 0) is 13.5 Å². The van der Waals surface area contributed by atoms with Gasteiger partial charge in [0.25, 0.3) is 0 Å². The van der Waals surface area contributed by atoms with Gasteiger partial charge in [-0.05, 0) is 49.9 Å². The van der Waals surface area contributed by atoms with Gasteiger partial charge < -0.3 is 19.5 Å². The molecule has 0 radical (unpaired) electrons. The maximum Gasteiger partial charge on any atom is 0.195 e. The van der Waals surface area contributed by atoms with Crippen LogP contribution in [0.5, 0.6) is 5.75 Å². The van der Waals surface area contributed by atoms with E-state index in [2.05, 4.69) is 10.3 Å². The quantitative estimate of drug-likeness (QED) is 0.277. The molecular formula is C26H32ClN3O4. The fraction of sp³-hybridized carbons (Fsp3) is 0.385. The lowest BCUT2D eigenvalue weighted by atomic mass is 10.0. The van der Waals surface area contributed by atoms with Crippen molar-refractivity contribution in [2.75, 3.05) is 6.61 Å². The highest BCUT2D eigenvalue weighted by molar-refractivity contribution is 6.32. The Balaban J connectivity index is 1.68. The first-order chi connectivity index (χ1) is 16.2. The summed E-state index contributed by atoms with van der Waals surface area (Å²) in [6.07, 6.45) is 1.98. The molecule has 34 heavy (non-hydrogen) atoms. The Morgan fingerprint density at radius 3 is 2.47 bits per heavy atom. The summed E-state index contributed by atoms with van der Waals surface area (Å²) < 4.78 is 7.37. The summed E-state index contributed by atoms with van der Waals surface area (Å²) in [5.74, 6) is 0.914. The van der Waals surface area contributed by atoms with Crippen LogP contribution in [0.3, 0.4) is 0 Å². The molecular weight excluding hydrogens is 454 g/mol. The number of carbonyl (C=O) groups is 1. The number of halogens is 1. The van der Waals surface area contributed by atoms with Gasteiger partial charge in [0.1, 0.15) is 12.0 Å². The van der Waals surface area contributed by atoms with Gasteiger partial charge in [-0.15, -0.1) is 0 Å². The number of aliphatic hydroxyl groups excluding tert-OH is 2. The van der Waals surface area contributed by atoms with Gasteiger partial charge in [0.2, 0.25) is 0 Å². The van der Waals surface area contributed by atoms with Gasteiger partial charge in [-0.2, -0.15) is 0 Å². The Morgan fingerprint density at radius 1 is 1.21 bits per heavy atom. The van der Waals surface area contributed by atoms with Crippen molar-refractivity contribution < 1.29 is 19.7 Å². The number of aryl methyl sites for hydroxylation is 1. The Labute approximate surface area is 205 Å². The first-order valence-electron chi connectivity index (χ1n) is 11.3. The average Bonchev–Trinajstić information content (AvgIpc) is 3.17. The second-order valence-corrected chi connectivity index (χ2v) is 9.06. The van der Waals surface area contributed by atoms with E-state index in [1.165, 1.54) is 6.92 Å². The van der Waals surface area contributed by atoms with Crippen molar-refractivity contribution in [2.45, 2.75) is 52.0 Å². The van der Waals surface area contributed by atoms with Crippen LogP contribution in [-0.4, -0.2) is 44.3 Å². The van der Waals surface area contributed by atoms with Gasteiger partial charge >= 0.3 is 0 Å². The Bertz CT molecular complexity index is 1110. The number of hydrogen-bond acceptors (Lipinski definition) is 6. The first kappa shape index (κ1) is 25.9. The number of ether oxygens (including phenoxy) is 1. The number of aliphatic hydroxyl groups is 2. The molecule has 7 nitrogen and oxygen atoms in total. The van der Waals surface area contributed by atoms with E-state index in [-0.39, 0.29) is 24.5 Å². The van der Waals surface area contributed by atoms with Gasteiger partial charge in [-0.3, -0.25) is 10.1 Å². The third-order valence-electron chi connectivity index (χ3n) is 5.43. The molecule has 1 heterocycles. The molecule has 0 aliphatic carbocycles. The van der Waals surface area contributed by atoms with Crippen LogP contribution in [0.25, 0.3) is 11.3 Å². The highest BCUT2D eigenvalue weighted by atomic mass is 35.5. The predicted octanol–water partition coefficient (Wildman–Crippen LogP) is 4.30. The summed E-state index contributed by atoms with van der Waals surface area (Å²) in [6.45, 7) is 5.34. The lowest BCUT2D eigenvalue weighted by Gasteiger charge is -2.23. The third kappa shape index (κ3) is 6.67. The number of Topliss-reactive ketones (excluding diaryl/α,β-unsaturated/α-hetero) is 1. The zero-order valence-electron chi connectivity index (χ0n) is 20.0. The number of benzene rings is 2. The van der Waals surface area contributed by atoms with E-state index >= 15 is 0 Å². The van der Waals surface area contributed by atoms with Crippen molar-refractivity contribution in [2.24, 2.45) is 7.05 Å². The molecule has 0 aliphatic heterocycles. The van der Waals surface area contributed by atoms with Crippen LogP contribution < -0.4 is 10.1 Å². The number of imidazole rings is 1. The molecule has 2 aromatic carbocycles. The SMILES string of the molecule is CC(=O)c1nc(-c2ccc(C[C@@H](CCO)NC(O)c3ccc(OC(C)C)c(Cl)c3)cc2)cn1C. The number of nitrogens with one attached hydrogen (secondary N) is 1. The van der Waals surface area contributed by atoms with Gasteiger partial charge in [-0.25, -0.2) is 4.98 Å². The maximum atomic E-state index is 11.7. The average molecular weight is 486 g/mol. The second kappa shape index (κ2) is 11.6. The first-order valence-corrected chi connectivity index (χ1v) is 11.7. The van der Waals surface area contributed by atoms with E-state index in [0.29, 0.717) is 35.0 Å². The molecule has 0 amide bonds. The van der Waals surface area contributed by atoms with Crippen LogP contribution in [0.2, 0.25) is 5.02 Å². The Kier molecular flexibility index (Phi) is 8.85. The van der Waals surface area contributed by atoms with Crippen molar-refractivity contribution in [3.8, 4) is 17.0 Å². The molecule has 2 atom stereocenters. The van der Waals surface area contributed by atoms with Crippen molar-refractivity contribution in [3.05, 3.63) is 70.6 Å². The maximum absolute atomic E-state index is 11.7. The van der Waals surface area contributed by atoms with Gasteiger partial charge in [0.05, 0.1) is 16.8 Å². The molecule has 182 valence electrons. The molecule has 1 aromatic heterocycles. The molecule has 0 saturated heterocycles. The zero-order valence-corrected chi connectivity index (χ0v) is 20.7. The van der Waals surface area contributed by atoms with Gasteiger partial charge in [-0.1, -0.05) is 41.9 Å². The van der Waals surface area contributed by atoms with E-state index < -0.39 is 6.23 Å². The number of nitrogens with zero attached hydrogens (tertiary/aromatic N) is 2. The number of carbonyl (C=O) groups excluding carboxylic acids is 1. The molecule has 0 saturated carbocycles. The van der Waals surface area contributed by atoms with Gasteiger partial charge in [0, 0.05) is 38.4 Å². The number of aromatic nitrogens is 2. The second-order valence-electron chi connectivity index (χ2n) is 8.65. The lowest BCUT2D eigenvalue weighted by Crippen LogP contribution is -2.35. The normalized spacial score (nSPS) is 13.2. The molecule has 3 aromatic rings. The summed E-state index contributed by atoms with van der Waals surface area (Å²) in [5, 5.41) is 23.9. The van der Waals surface area contributed by atoms with Crippen LogP contribution in [0.4, 0.5) is 0 Å². The highest BCUT2D eigenvalue weighted by Gasteiger charge is 2.17. The molecule has 1 unspecified atom stereocenters. The largest absolute Gasteiger partial charge is 0.489 e. The van der Waals surface area contributed by atoms with Crippen molar-refractivity contribution >= 4 is 17.4 Å². The minimum Gasteiger partial charge on any atom is -0.489 e. The zero-order chi connectivity index (χ0) is 24.8. The van der Waals surface area contributed by atoms with E-state index in [9.17, 15) is 15.0 Å². The van der Waals surface area contributed by atoms with Crippen LogP contribution in [0.1, 0.15) is 55.2 Å². The number of hydrogen-bond donors (Lipinski definition) is 3. The Hall–Kier alpha value is -2.71. The van der Waals surface area contributed by atoms with E-state index in [1.807, 2.05) is 44.3 Å². The fourth-order valence-corrected chi connectivity index (χ4v) is 4.02.